The van der Waals surface area contributed by atoms with Gasteiger partial charge in [-0.1, -0.05) is 20.8 Å². The molecule has 5 rings (SSSR count). The Labute approximate surface area is 161 Å². The van der Waals surface area contributed by atoms with Gasteiger partial charge in [0.15, 0.2) is 17.1 Å². The van der Waals surface area contributed by atoms with Crippen LogP contribution in [-0.4, -0.2) is 59.3 Å². The Hall–Kier alpha value is -3.30. The van der Waals surface area contributed by atoms with Gasteiger partial charge in [-0.3, -0.25) is 0 Å². The fourth-order valence-electron chi connectivity index (χ4n) is 3.37. The average molecular weight is 378 g/mol. The van der Waals surface area contributed by atoms with Crippen LogP contribution in [0, 0.1) is 5.92 Å². The van der Waals surface area contributed by atoms with Crippen molar-refractivity contribution < 1.29 is 0 Å². The molecule has 0 atom stereocenters. The first-order valence-corrected chi connectivity index (χ1v) is 9.36. The maximum Gasteiger partial charge on any atom is 0.178 e. The Balaban J connectivity index is 1.24. The predicted octanol–water partition coefficient (Wildman–Crippen LogP) is 1.41. The summed E-state index contributed by atoms with van der Waals surface area (Å²) in [4.78, 5) is 2.27. The van der Waals surface area contributed by atoms with E-state index in [1.54, 1.807) is 10.8 Å². The number of hydrogen-bond donors (Lipinski definition) is 1. The summed E-state index contributed by atoms with van der Waals surface area (Å²) in [5.41, 5.74) is 1.42. The number of nitrogens with zero attached hydrogens (tertiary/aromatic N) is 9. The maximum absolute atomic E-state index is 4.77. The lowest BCUT2D eigenvalue weighted by atomic mass is 9.96. The molecule has 28 heavy (non-hydrogen) atoms. The van der Waals surface area contributed by atoms with Crippen molar-refractivity contribution in [3.05, 3.63) is 36.4 Å². The van der Waals surface area contributed by atoms with Crippen molar-refractivity contribution in [3.8, 4) is 0 Å². The molecule has 144 valence electrons. The molecular weight excluding hydrogens is 356 g/mol. The van der Waals surface area contributed by atoms with Gasteiger partial charge in [-0.25, -0.2) is 0 Å². The van der Waals surface area contributed by atoms with Crippen LogP contribution in [0.5, 0.6) is 0 Å². The highest BCUT2D eigenvalue weighted by Gasteiger charge is 2.29. The number of nitrogens with one attached hydrogen (secondary N) is 1. The van der Waals surface area contributed by atoms with E-state index in [0.29, 0.717) is 5.92 Å². The van der Waals surface area contributed by atoms with Gasteiger partial charge < -0.3 is 10.2 Å². The van der Waals surface area contributed by atoms with Crippen LogP contribution >= 0.6 is 0 Å². The fraction of sp³-hybridized carbons (Fsp3) is 0.444. The van der Waals surface area contributed by atoms with Crippen molar-refractivity contribution >= 4 is 22.9 Å². The lowest BCUT2D eigenvalue weighted by Crippen LogP contribution is -2.50. The Bertz CT molecular complexity index is 1130. The van der Waals surface area contributed by atoms with E-state index in [-0.39, 0.29) is 5.41 Å². The third-order valence-corrected chi connectivity index (χ3v) is 4.93. The highest BCUT2D eigenvalue weighted by molar-refractivity contribution is 5.48. The molecule has 0 saturated carbocycles. The van der Waals surface area contributed by atoms with Gasteiger partial charge in [0.1, 0.15) is 18.0 Å². The van der Waals surface area contributed by atoms with Crippen LogP contribution in [0.4, 0.5) is 11.6 Å². The van der Waals surface area contributed by atoms with Crippen LogP contribution in [0.1, 0.15) is 26.6 Å². The van der Waals surface area contributed by atoms with Gasteiger partial charge in [-0.2, -0.15) is 9.03 Å². The van der Waals surface area contributed by atoms with Gasteiger partial charge in [0, 0.05) is 31.0 Å². The summed E-state index contributed by atoms with van der Waals surface area (Å²) < 4.78 is 3.53. The van der Waals surface area contributed by atoms with Gasteiger partial charge in [-0.15, -0.1) is 30.6 Å². The van der Waals surface area contributed by atoms with Gasteiger partial charge in [0.05, 0.1) is 0 Å². The molecule has 4 aromatic rings. The Kier molecular flexibility index (Phi) is 3.68. The predicted molar refractivity (Wildman–Crippen MR) is 104 cm³/mol. The number of hydrogen-bond acceptors (Lipinski definition) is 8. The number of rotatable bonds is 4. The Morgan fingerprint density at radius 1 is 1.00 bits per heavy atom. The summed E-state index contributed by atoms with van der Waals surface area (Å²) in [6.07, 6.45) is 1.60. The topological polar surface area (TPSA) is 101 Å². The molecule has 4 aromatic heterocycles. The largest absolute Gasteiger partial charge is 0.368 e. The summed E-state index contributed by atoms with van der Waals surface area (Å²) in [6.45, 7) is 9.12. The third-order valence-electron chi connectivity index (χ3n) is 4.93. The first-order valence-electron chi connectivity index (χ1n) is 9.36. The monoisotopic (exact) mass is 378 g/mol. The maximum atomic E-state index is 4.77. The van der Waals surface area contributed by atoms with Gasteiger partial charge in [0.25, 0.3) is 0 Å². The SMILES string of the molecule is CC(C)(C)c1nnc2ccc(N3CC(CNc4ccc5nncn5n4)C3)nn12. The molecule has 0 unspecified atom stereocenters. The molecular formula is C18H22N10. The molecule has 0 spiro atoms. The zero-order valence-electron chi connectivity index (χ0n) is 16.1. The second kappa shape index (κ2) is 6.11. The molecule has 0 aliphatic carbocycles. The van der Waals surface area contributed by atoms with E-state index in [2.05, 4.69) is 56.5 Å². The molecule has 1 saturated heterocycles. The fourth-order valence-corrected chi connectivity index (χ4v) is 3.37. The minimum absolute atomic E-state index is 0.106. The van der Waals surface area contributed by atoms with Crippen LogP contribution in [0.15, 0.2) is 30.6 Å². The van der Waals surface area contributed by atoms with E-state index < -0.39 is 0 Å². The molecule has 1 aliphatic heterocycles. The molecule has 10 nitrogen and oxygen atoms in total. The Morgan fingerprint density at radius 2 is 1.82 bits per heavy atom. The summed E-state index contributed by atoms with van der Waals surface area (Å²) in [5.74, 6) is 3.19. The summed E-state index contributed by atoms with van der Waals surface area (Å²) in [7, 11) is 0. The summed E-state index contributed by atoms with van der Waals surface area (Å²) in [5, 5.41) is 29.0. The number of anilines is 2. The third kappa shape index (κ3) is 2.90. The first-order chi connectivity index (χ1) is 13.5. The van der Waals surface area contributed by atoms with Crippen LogP contribution in [0.2, 0.25) is 0 Å². The molecule has 1 aliphatic rings. The van der Waals surface area contributed by atoms with E-state index in [1.807, 2.05) is 28.8 Å². The van der Waals surface area contributed by atoms with E-state index in [4.69, 9.17) is 5.10 Å². The second-order valence-electron chi connectivity index (χ2n) is 8.24. The van der Waals surface area contributed by atoms with E-state index >= 15 is 0 Å². The molecule has 10 heteroatoms. The van der Waals surface area contributed by atoms with Gasteiger partial charge in [-0.05, 0) is 24.3 Å². The first kappa shape index (κ1) is 16.8. The molecule has 1 fully saturated rings. The van der Waals surface area contributed by atoms with Crippen molar-refractivity contribution in [3.63, 3.8) is 0 Å². The van der Waals surface area contributed by atoms with Gasteiger partial charge in [0.2, 0.25) is 0 Å². The highest BCUT2D eigenvalue weighted by Crippen LogP contribution is 2.25. The summed E-state index contributed by atoms with van der Waals surface area (Å²) in [6, 6.07) is 7.83. The quantitative estimate of drug-likeness (QED) is 0.569. The molecule has 0 bridgehead atoms. The van der Waals surface area contributed by atoms with Crippen molar-refractivity contribution in [1.82, 2.24) is 39.6 Å². The minimum atomic E-state index is -0.106. The number of aromatic nitrogens is 8. The highest BCUT2D eigenvalue weighted by atomic mass is 15.4. The van der Waals surface area contributed by atoms with Crippen molar-refractivity contribution in [2.24, 2.45) is 5.92 Å². The lowest BCUT2D eigenvalue weighted by Gasteiger charge is -2.40. The smallest absolute Gasteiger partial charge is 0.178 e. The summed E-state index contributed by atoms with van der Waals surface area (Å²) >= 11 is 0. The standard InChI is InChI=1S/C18H22N10/c1-18(2,3)17-23-22-15-6-7-16(25-28(15)17)26-9-12(10-26)8-19-13-4-5-14-21-20-11-27(14)24-13/h4-7,11-12H,8-10H2,1-3H3,(H,19,24). The Morgan fingerprint density at radius 3 is 2.64 bits per heavy atom. The van der Waals surface area contributed by atoms with Crippen LogP contribution < -0.4 is 10.2 Å². The van der Waals surface area contributed by atoms with Gasteiger partial charge >= 0.3 is 0 Å². The lowest BCUT2D eigenvalue weighted by molar-refractivity contribution is 0.423. The molecule has 0 amide bonds. The van der Waals surface area contributed by atoms with Crippen molar-refractivity contribution in [2.75, 3.05) is 29.9 Å². The molecule has 0 radical (unpaired) electrons. The molecule has 1 N–H and O–H groups in total. The van der Waals surface area contributed by atoms with Crippen LogP contribution in [0.25, 0.3) is 11.3 Å². The average Bonchev–Trinajstić information content (AvgIpc) is 3.25. The molecule has 0 aromatic carbocycles. The zero-order valence-corrected chi connectivity index (χ0v) is 16.1. The van der Waals surface area contributed by atoms with E-state index in [1.165, 1.54) is 0 Å². The van der Waals surface area contributed by atoms with Crippen LogP contribution in [-0.2, 0) is 5.41 Å². The molecule has 5 heterocycles. The van der Waals surface area contributed by atoms with Crippen LogP contribution in [0.3, 0.4) is 0 Å². The number of fused-ring (bicyclic) bond motifs is 2. The van der Waals surface area contributed by atoms with Crippen molar-refractivity contribution in [1.29, 1.82) is 0 Å². The van der Waals surface area contributed by atoms with E-state index in [0.717, 1.165) is 48.4 Å². The van der Waals surface area contributed by atoms with E-state index in [9.17, 15) is 0 Å². The zero-order chi connectivity index (χ0) is 19.3. The second-order valence-corrected chi connectivity index (χ2v) is 8.24. The minimum Gasteiger partial charge on any atom is -0.368 e. The van der Waals surface area contributed by atoms with Crippen molar-refractivity contribution in [2.45, 2.75) is 26.2 Å². The normalized spacial score (nSPS) is 15.3.